The van der Waals surface area contributed by atoms with Crippen molar-refractivity contribution in [1.82, 2.24) is 20.9 Å². The van der Waals surface area contributed by atoms with Crippen LogP contribution in [0.25, 0.3) is 0 Å². The minimum absolute atomic E-state index is 0.0285. The Hall–Kier alpha value is -4.53. The molecule has 4 aromatic carbocycles. The maximum Gasteiger partial charge on any atom is 0.248 e. The van der Waals surface area contributed by atoms with E-state index in [4.69, 9.17) is 22.2 Å². The number of thioether (sulfide) groups is 2. The van der Waals surface area contributed by atoms with Crippen molar-refractivity contribution in [1.29, 1.82) is 0 Å². The van der Waals surface area contributed by atoms with Crippen LogP contribution in [-0.2, 0) is 9.59 Å². The number of benzene rings is 4. The molecular formula is C40H40N8O2S3. The molecule has 3 saturated heterocycles. The van der Waals surface area contributed by atoms with Gasteiger partial charge < -0.3 is 0 Å². The Kier molecular flexibility index (Phi) is 10.6. The fourth-order valence-electron chi connectivity index (χ4n) is 7.40. The first-order chi connectivity index (χ1) is 26.0. The first kappa shape index (κ1) is 35.5. The van der Waals surface area contributed by atoms with E-state index in [0.717, 1.165) is 61.3 Å². The fourth-order valence-corrected chi connectivity index (χ4v) is 9.90. The van der Waals surface area contributed by atoms with Crippen molar-refractivity contribution in [3.63, 3.8) is 0 Å². The van der Waals surface area contributed by atoms with Crippen LogP contribution in [0.15, 0.2) is 131 Å². The molecule has 1 spiro atoms. The molecule has 270 valence electrons. The van der Waals surface area contributed by atoms with E-state index >= 15 is 0 Å². The number of hydrazine groups is 2. The van der Waals surface area contributed by atoms with E-state index in [1.807, 2.05) is 121 Å². The number of thiocarbonyl (C=S) groups is 1. The number of anilines is 2. The molecule has 0 bridgehead atoms. The lowest BCUT2D eigenvalue weighted by molar-refractivity contribution is -0.133. The summed E-state index contributed by atoms with van der Waals surface area (Å²) in [6.07, 6.45) is 5.94. The molecule has 53 heavy (non-hydrogen) atoms. The van der Waals surface area contributed by atoms with E-state index in [1.165, 1.54) is 23.5 Å². The van der Waals surface area contributed by atoms with Gasteiger partial charge in [-0.2, -0.15) is 10.0 Å². The molecule has 10 nitrogen and oxygen atoms in total. The summed E-state index contributed by atoms with van der Waals surface area (Å²) in [6.45, 7) is 0.781. The fraction of sp³-hybridized carbons (Fsp3) is 0.275. The molecule has 0 radical (unpaired) electrons. The topological polar surface area (TPSA) is 95.9 Å². The van der Waals surface area contributed by atoms with Gasteiger partial charge in [0.1, 0.15) is 16.2 Å². The van der Waals surface area contributed by atoms with Crippen molar-refractivity contribution in [3.05, 3.63) is 121 Å². The second-order valence-corrected chi connectivity index (χ2v) is 16.1. The average molecular weight is 761 g/mol. The number of rotatable bonds is 8. The van der Waals surface area contributed by atoms with Gasteiger partial charge in [0.05, 0.1) is 22.7 Å². The third kappa shape index (κ3) is 7.49. The normalized spacial score (nSPS) is 23.8. The second kappa shape index (κ2) is 15.8. The van der Waals surface area contributed by atoms with Gasteiger partial charge in [0.25, 0.3) is 0 Å². The van der Waals surface area contributed by atoms with Gasteiger partial charge in [-0.3, -0.25) is 30.2 Å². The van der Waals surface area contributed by atoms with E-state index in [1.54, 1.807) is 9.80 Å². The molecular weight excluding hydrogens is 721 g/mol. The standard InChI is InChI=1S/C40H40N8O2S3/c49-35-33(52-38(41-29-17-7-3-8-18-29)47(35)31-21-11-5-12-22-31)27-45-40(25-15-1-2-16-26-40)46(44-37(51)43-45)28-34-36(50)48(32-23-13-6-14-24-32)39(53-34)42-30-19-9-4-10-20-30/h3-14,17-24,33-34H,1-2,15-16,25-28H2,(H2,43,44,51). The van der Waals surface area contributed by atoms with Crippen LogP contribution in [0.2, 0.25) is 0 Å². The minimum Gasteiger partial charge on any atom is -0.293 e. The number of nitrogens with zero attached hydrogens (tertiary/aromatic N) is 6. The molecule has 3 aliphatic heterocycles. The van der Waals surface area contributed by atoms with Crippen LogP contribution >= 0.6 is 35.7 Å². The van der Waals surface area contributed by atoms with Gasteiger partial charge in [-0.25, -0.2) is 9.98 Å². The van der Waals surface area contributed by atoms with Crippen LogP contribution < -0.4 is 20.7 Å². The monoisotopic (exact) mass is 760 g/mol. The second-order valence-electron chi connectivity index (χ2n) is 13.4. The van der Waals surface area contributed by atoms with Crippen LogP contribution in [-0.4, -0.2) is 66.5 Å². The SMILES string of the molecule is O=C1C(CN2NC(=S)NN(CC3SC(=Nc4ccccc4)N(c4ccccc4)C3=O)C23CCCCCC3)SC(=Nc2ccccc2)N1c1ccccc1. The number of hydrogen-bond donors (Lipinski definition) is 2. The summed E-state index contributed by atoms with van der Waals surface area (Å²) in [5, 5.41) is 5.17. The molecule has 1 saturated carbocycles. The number of amides is 2. The van der Waals surface area contributed by atoms with Crippen molar-refractivity contribution in [3.8, 4) is 0 Å². The first-order valence-corrected chi connectivity index (χ1v) is 20.2. The molecule has 4 aromatic rings. The van der Waals surface area contributed by atoms with Crippen molar-refractivity contribution >= 4 is 85.8 Å². The zero-order valence-electron chi connectivity index (χ0n) is 29.1. The maximum absolute atomic E-state index is 14.4. The van der Waals surface area contributed by atoms with Gasteiger partial charge in [0.2, 0.25) is 11.8 Å². The Labute approximate surface area is 323 Å². The summed E-state index contributed by atoms with van der Waals surface area (Å²) in [5.74, 6) is -0.0569. The quantitative estimate of drug-likeness (QED) is 0.176. The van der Waals surface area contributed by atoms with Gasteiger partial charge in [-0.05, 0) is 73.6 Å². The molecule has 3 heterocycles. The van der Waals surface area contributed by atoms with E-state index in [9.17, 15) is 9.59 Å². The lowest BCUT2D eigenvalue weighted by atomic mass is 9.97. The van der Waals surface area contributed by atoms with E-state index in [2.05, 4.69) is 20.9 Å². The number of hydrogen-bond acceptors (Lipinski definition) is 9. The molecule has 0 aromatic heterocycles. The highest BCUT2D eigenvalue weighted by Gasteiger charge is 2.52. The zero-order valence-corrected chi connectivity index (χ0v) is 31.5. The smallest absolute Gasteiger partial charge is 0.248 e. The molecule has 8 rings (SSSR count). The van der Waals surface area contributed by atoms with Crippen LogP contribution in [0.5, 0.6) is 0 Å². The maximum atomic E-state index is 14.4. The lowest BCUT2D eigenvalue weighted by Crippen LogP contribution is -2.77. The predicted molar refractivity (Wildman–Crippen MR) is 220 cm³/mol. The Balaban J connectivity index is 1.10. The first-order valence-electron chi connectivity index (χ1n) is 18.0. The van der Waals surface area contributed by atoms with Crippen LogP contribution in [0.4, 0.5) is 22.7 Å². The number of aliphatic imine (C=N–C) groups is 2. The summed E-state index contributed by atoms with van der Waals surface area (Å²) >= 11 is 8.81. The van der Waals surface area contributed by atoms with Gasteiger partial charge in [-0.1, -0.05) is 122 Å². The number of carbonyl (C=O) groups is 2. The number of amidine groups is 2. The van der Waals surface area contributed by atoms with Crippen LogP contribution in [0.3, 0.4) is 0 Å². The highest BCUT2D eigenvalue weighted by Crippen LogP contribution is 2.41. The third-order valence-electron chi connectivity index (χ3n) is 9.94. The Morgan fingerprint density at radius 3 is 1.36 bits per heavy atom. The summed E-state index contributed by atoms with van der Waals surface area (Å²) in [6, 6.07) is 38.9. The minimum atomic E-state index is -0.547. The van der Waals surface area contributed by atoms with Gasteiger partial charge in [0.15, 0.2) is 15.4 Å². The number of para-hydroxylation sites is 4. The van der Waals surface area contributed by atoms with Crippen molar-refractivity contribution < 1.29 is 9.59 Å². The number of carbonyl (C=O) groups excluding carboxylic acids is 2. The van der Waals surface area contributed by atoms with E-state index < -0.39 is 16.2 Å². The number of nitrogens with one attached hydrogen (secondary N) is 2. The highest BCUT2D eigenvalue weighted by molar-refractivity contribution is 8.16. The molecule has 4 aliphatic rings. The van der Waals surface area contributed by atoms with Gasteiger partial charge in [0, 0.05) is 13.1 Å². The lowest BCUT2D eigenvalue weighted by Gasteiger charge is -2.55. The molecule has 4 fully saturated rings. The summed E-state index contributed by atoms with van der Waals surface area (Å²) in [7, 11) is 0. The Morgan fingerprint density at radius 2 is 0.962 bits per heavy atom. The molecule has 2 atom stereocenters. The van der Waals surface area contributed by atoms with Gasteiger partial charge >= 0.3 is 0 Å². The Bertz CT molecular complexity index is 1860. The van der Waals surface area contributed by atoms with E-state index in [-0.39, 0.29) is 11.8 Å². The molecule has 2 unspecified atom stereocenters. The molecule has 1 aliphatic carbocycles. The van der Waals surface area contributed by atoms with E-state index in [0.29, 0.717) is 28.5 Å². The third-order valence-corrected chi connectivity index (χ3v) is 12.4. The molecule has 2 amide bonds. The van der Waals surface area contributed by atoms with Crippen LogP contribution in [0, 0.1) is 0 Å². The average Bonchev–Trinajstić information content (AvgIpc) is 3.51. The van der Waals surface area contributed by atoms with Crippen LogP contribution in [0.1, 0.15) is 38.5 Å². The van der Waals surface area contributed by atoms with Crippen molar-refractivity contribution in [2.45, 2.75) is 54.7 Å². The predicted octanol–water partition coefficient (Wildman–Crippen LogP) is 7.62. The van der Waals surface area contributed by atoms with Crippen molar-refractivity contribution in [2.24, 2.45) is 9.98 Å². The summed E-state index contributed by atoms with van der Waals surface area (Å²) in [4.78, 5) is 42.2. The zero-order chi connectivity index (χ0) is 36.2. The van der Waals surface area contributed by atoms with Crippen molar-refractivity contribution in [2.75, 3.05) is 22.9 Å². The highest BCUT2D eigenvalue weighted by atomic mass is 32.2. The summed E-state index contributed by atoms with van der Waals surface area (Å²) in [5.41, 5.74) is 9.54. The Morgan fingerprint density at radius 1 is 0.585 bits per heavy atom. The van der Waals surface area contributed by atoms with Gasteiger partial charge in [-0.15, -0.1) is 0 Å². The molecule has 13 heteroatoms. The molecule has 2 N–H and O–H groups in total. The largest absolute Gasteiger partial charge is 0.293 e. The summed E-state index contributed by atoms with van der Waals surface area (Å²) < 4.78 is 0.